The summed E-state index contributed by atoms with van der Waals surface area (Å²) in [6.07, 6.45) is 1.32. The second-order valence-electron chi connectivity index (χ2n) is 5.90. The summed E-state index contributed by atoms with van der Waals surface area (Å²) in [5.74, 6) is -3.84. The molecule has 2 aliphatic rings. The summed E-state index contributed by atoms with van der Waals surface area (Å²) in [4.78, 5) is 24.5. The van der Waals surface area contributed by atoms with Gasteiger partial charge in [-0.3, -0.25) is 15.0 Å². The Kier molecular flexibility index (Phi) is 4.08. The van der Waals surface area contributed by atoms with Crippen molar-refractivity contribution in [2.24, 2.45) is 0 Å². The van der Waals surface area contributed by atoms with Gasteiger partial charge in [0.15, 0.2) is 0 Å². The first kappa shape index (κ1) is 16.8. The summed E-state index contributed by atoms with van der Waals surface area (Å²) in [6, 6.07) is 1.82. The van der Waals surface area contributed by atoms with Crippen LogP contribution >= 0.6 is 15.9 Å². The Balaban J connectivity index is 1.93. The van der Waals surface area contributed by atoms with Crippen LogP contribution in [-0.4, -0.2) is 34.0 Å². The van der Waals surface area contributed by atoms with Crippen LogP contribution in [0, 0.1) is 11.6 Å². The van der Waals surface area contributed by atoms with Gasteiger partial charge in [0.25, 0.3) is 11.8 Å². The lowest BCUT2D eigenvalue weighted by molar-refractivity contribution is -0.129. The van der Waals surface area contributed by atoms with Gasteiger partial charge in [-0.2, -0.15) is 0 Å². The minimum absolute atomic E-state index is 0.162. The van der Waals surface area contributed by atoms with Crippen molar-refractivity contribution in [2.45, 2.75) is 25.3 Å². The average molecular weight is 402 g/mol. The number of benzene rings is 1. The number of aliphatic hydroxyl groups is 1. The van der Waals surface area contributed by atoms with Crippen LogP contribution in [0.1, 0.15) is 19.8 Å². The molecule has 24 heavy (non-hydrogen) atoms. The second kappa shape index (κ2) is 5.82. The van der Waals surface area contributed by atoms with E-state index in [9.17, 15) is 23.5 Å². The number of hydrogen-bond acceptors (Lipinski definition) is 4. The van der Waals surface area contributed by atoms with Gasteiger partial charge in [-0.25, -0.2) is 13.8 Å². The van der Waals surface area contributed by atoms with E-state index in [1.54, 1.807) is 11.9 Å². The number of aliphatic hydroxyl groups excluding tert-OH is 1. The molecule has 0 radical (unpaired) electrons. The first-order valence-electron chi connectivity index (χ1n) is 7.22. The maximum atomic E-state index is 13.5. The van der Waals surface area contributed by atoms with E-state index in [0.717, 1.165) is 18.6 Å². The van der Waals surface area contributed by atoms with Crippen LogP contribution in [0.2, 0.25) is 0 Å². The summed E-state index contributed by atoms with van der Waals surface area (Å²) in [5, 5.41) is 14.3. The number of amides is 2. The van der Waals surface area contributed by atoms with Gasteiger partial charge in [0, 0.05) is 12.2 Å². The number of hydrazine groups is 1. The average Bonchev–Trinajstić information content (AvgIpc) is 2.87. The lowest BCUT2D eigenvalue weighted by atomic mass is 9.91. The Morgan fingerprint density at radius 3 is 2.67 bits per heavy atom. The summed E-state index contributed by atoms with van der Waals surface area (Å²) in [7, 11) is 0. The van der Waals surface area contributed by atoms with Crippen molar-refractivity contribution in [3.05, 3.63) is 39.6 Å². The van der Waals surface area contributed by atoms with Crippen molar-refractivity contribution in [3.8, 4) is 0 Å². The minimum Gasteiger partial charge on any atom is -0.509 e. The van der Waals surface area contributed by atoms with Crippen LogP contribution in [0.15, 0.2) is 27.9 Å². The molecule has 0 saturated carbocycles. The fourth-order valence-corrected chi connectivity index (χ4v) is 3.20. The van der Waals surface area contributed by atoms with Gasteiger partial charge in [0.2, 0.25) is 0 Å². The largest absolute Gasteiger partial charge is 0.509 e. The fraction of sp³-hybridized carbons (Fsp3) is 0.333. The van der Waals surface area contributed by atoms with E-state index in [1.165, 1.54) is 0 Å². The number of rotatable bonds is 2. The molecule has 0 spiro atoms. The third-order valence-corrected chi connectivity index (χ3v) is 5.08. The first-order valence-corrected chi connectivity index (χ1v) is 8.01. The fourth-order valence-electron chi connectivity index (χ4n) is 2.98. The first-order chi connectivity index (χ1) is 11.2. The van der Waals surface area contributed by atoms with Gasteiger partial charge in [-0.15, -0.1) is 0 Å². The highest BCUT2D eigenvalue weighted by Gasteiger charge is 2.48. The number of hydrogen-bond donors (Lipinski definition) is 3. The van der Waals surface area contributed by atoms with E-state index >= 15 is 0 Å². The molecule has 128 valence electrons. The molecule has 9 heteroatoms. The van der Waals surface area contributed by atoms with Crippen molar-refractivity contribution in [2.75, 3.05) is 11.9 Å². The second-order valence-corrected chi connectivity index (χ2v) is 6.69. The highest BCUT2D eigenvalue weighted by Crippen LogP contribution is 2.37. The molecular formula is C15H14BrF2N3O3. The molecule has 2 heterocycles. The van der Waals surface area contributed by atoms with E-state index in [2.05, 4.69) is 26.7 Å². The number of anilines is 1. The van der Waals surface area contributed by atoms with Crippen LogP contribution in [0.4, 0.5) is 14.5 Å². The monoisotopic (exact) mass is 401 g/mol. The Morgan fingerprint density at radius 2 is 2.04 bits per heavy atom. The van der Waals surface area contributed by atoms with Crippen LogP contribution in [0.3, 0.4) is 0 Å². The predicted octanol–water partition coefficient (Wildman–Crippen LogP) is 2.38. The lowest BCUT2D eigenvalue weighted by Crippen LogP contribution is -2.58. The molecule has 1 atom stereocenters. The number of fused-ring (bicyclic) bond motifs is 1. The van der Waals surface area contributed by atoms with Gasteiger partial charge >= 0.3 is 0 Å². The topological polar surface area (TPSA) is 81.7 Å². The van der Waals surface area contributed by atoms with Gasteiger partial charge < -0.3 is 10.4 Å². The zero-order valence-electron chi connectivity index (χ0n) is 12.6. The number of nitrogens with one attached hydrogen (secondary N) is 2. The summed E-state index contributed by atoms with van der Waals surface area (Å²) in [6.45, 7) is 2.27. The third-order valence-electron chi connectivity index (χ3n) is 4.32. The highest BCUT2D eigenvalue weighted by atomic mass is 79.9. The van der Waals surface area contributed by atoms with E-state index in [-0.39, 0.29) is 15.9 Å². The standard InChI is InChI=1S/C15H14BrF2N3O3/c1-15-3-2-4-21(15)20-14(24)10(12(15)22)13(23)19-7-5-8(17)11(16)9(18)6-7/h5-6,22H,2-4H2,1H3,(H,19,23)(H,20,24). The summed E-state index contributed by atoms with van der Waals surface area (Å²) >= 11 is 2.73. The van der Waals surface area contributed by atoms with Gasteiger partial charge in [-0.05, 0) is 47.8 Å². The Labute approximate surface area is 144 Å². The Morgan fingerprint density at radius 1 is 1.42 bits per heavy atom. The van der Waals surface area contributed by atoms with Crippen molar-refractivity contribution in [3.63, 3.8) is 0 Å². The molecule has 1 aromatic carbocycles. The molecule has 0 bridgehead atoms. The van der Waals surface area contributed by atoms with Crippen molar-refractivity contribution < 1.29 is 23.5 Å². The molecule has 1 fully saturated rings. The molecule has 1 unspecified atom stereocenters. The molecular weight excluding hydrogens is 388 g/mol. The molecule has 2 aliphatic heterocycles. The molecule has 0 aromatic heterocycles. The zero-order valence-corrected chi connectivity index (χ0v) is 14.2. The number of carbonyl (C=O) groups is 2. The molecule has 1 aromatic rings. The van der Waals surface area contributed by atoms with E-state index in [4.69, 9.17) is 0 Å². The third kappa shape index (κ3) is 2.57. The van der Waals surface area contributed by atoms with Gasteiger partial charge in [-0.1, -0.05) is 0 Å². The van der Waals surface area contributed by atoms with E-state index < -0.39 is 34.6 Å². The maximum Gasteiger partial charge on any atom is 0.274 e. The van der Waals surface area contributed by atoms with E-state index in [1.807, 2.05) is 0 Å². The molecule has 0 aliphatic carbocycles. The van der Waals surface area contributed by atoms with Crippen molar-refractivity contribution in [1.82, 2.24) is 10.4 Å². The van der Waals surface area contributed by atoms with Crippen LogP contribution in [0.5, 0.6) is 0 Å². The number of carbonyl (C=O) groups excluding carboxylic acids is 2. The Bertz CT molecular complexity index is 760. The van der Waals surface area contributed by atoms with Crippen LogP contribution in [-0.2, 0) is 9.59 Å². The molecule has 2 amide bonds. The number of halogens is 3. The van der Waals surface area contributed by atoms with Crippen LogP contribution < -0.4 is 10.7 Å². The van der Waals surface area contributed by atoms with E-state index in [0.29, 0.717) is 13.0 Å². The molecule has 3 rings (SSSR count). The quantitative estimate of drug-likeness (QED) is 0.524. The zero-order chi connectivity index (χ0) is 17.6. The molecule has 6 nitrogen and oxygen atoms in total. The van der Waals surface area contributed by atoms with Gasteiger partial charge in [0.05, 0.1) is 10.0 Å². The van der Waals surface area contributed by atoms with Gasteiger partial charge in [0.1, 0.15) is 23.0 Å². The summed E-state index contributed by atoms with van der Waals surface area (Å²) in [5.41, 5.74) is 1.07. The van der Waals surface area contributed by atoms with Crippen molar-refractivity contribution in [1.29, 1.82) is 0 Å². The summed E-state index contributed by atoms with van der Waals surface area (Å²) < 4.78 is 26.7. The minimum atomic E-state index is -0.932. The number of nitrogens with zero attached hydrogens (tertiary/aromatic N) is 1. The van der Waals surface area contributed by atoms with Crippen LogP contribution in [0.25, 0.3) is 0 Å². The lowest BCUT2D eigenvalue weighted by Gasteiger charge is -2.39. The Hall–Kier alpha value is -2.00. The van der Waals surface area contributed by atoms with Crippen molar-refractivity contribution >= 4 is 33.4 Å². The normalized spacial score (nSPS) is 23.9. The predicted molar refractivity (Wildman–Crippen MR) is 84.8 cm³/mol. The SMILES string of the molecule is CC12CCCN1NC(=O)C(C(=O)Nc1cc(F)c(Br)c(F)c1)=C2O. The highest BCUT2D eigenvalue weighted by molar-refractivity contribution is 9.10. The maximum absolute atomic E-state index is 13.5. The smallest absolute Gasteiger partial charge is 0.274 e. The molecule has 3 N–H and O–H groups in total. The molecule has 1 saturated heterocycles.